The van der Waals surface area contributed by atoms with E-state index >= 15 is 0 Å². The Bertz CT molecular complexity index is 1810. The van der Waals surface area contributed by atoms with Gasteiger partial charge in [-0.05, 0) is 36.8 Å². The first-order chi connectivity index (χ1) is 18.3. The van der Waals surface area contributed by atoms with Crippen molar-refractivity contribution in [3.63, 3.8) is 0 Å². The van der Waals surface area contributed by atoms with Gasteiger partial charge in [-0.3, -0.25) is 18.7 Å². The molecule has 0 saturated carbocycles. The van der Waals surface area contributed by atoms with E-state index in [0.717, 1.165) is 10.1 Å². The number of hydrogen-bond donors (Lipinski definition) is 0. The first kappa shape index (κ1) is 23.5. The zero-order valence-corrected chi connectivity index (χ0v) is 21.0. The third-order valence-corrected chi connectivity index (χ3v) is 7.29. The first-order valence-electron chi connectivity index (χ1n) is 12.2. The van der Waals surface area contributed by atoms with Crippen molar-refractivity contribution in [3.05, 3.63) is 127 Å². The van der Waals surface area contributed by atoms with Crippen LogP contribution in [0.3, 0.4) is 0 Å². The summed E-state index contributed by atoms with van der Waals surface area (Å²) in [6.07, 6.45) is 0. The second kappa shape index (κ2) is 8.62. The van der Waals surface area contributed by atoms with Crippen molar-refractivity contribution in [3.8, 4) is 5.75 Å². The molecule has 0 radical (unpaired) electrons. The Hall–Kier alpha value is -4.85. The van der Waals surface area contributed by atoms with Crippen LogP contribution in [0.5, 0.6) is 5.75 Å². The van der Waals surface area contributed by atoms with Crippen molar-refractivity contribution >= 4 is 23.3 Å². The molecule has 0 spiro atoms. The van der Waals surface area contributed by atoms with Crippen molar-refractivity contribution in [2.24, 2.45) is 25.0 Å². The maximum Gasteiger partial charge on any atom is 0.343 e. The summed E-state index contributed by atoms with van der Waals surface area (Å²) in [5.41, 5.74) is 3.15. The highest BCUT2D eigenvalue weighted by atomic mass is 16.5. The van der Waals surface area contributed by atoms with Gasteiger partial charge in [0.2, 0.25) is 0 Å². The number of rotatable bonds is 3. The number of esters is 1. The highest BCUT2D eigenvalue weighted by Gasteiger charge is 2.47. The number of benzene rings is 3. The molecule has 2 aliphatic rings. The van der Waals surface area contributed by atoms with Crippen LogP contribution in [0.4, 0.5) is 5.82 Å². The molecule has 0 bridgehead atoms. The minimum atomic E-state index is -0.717. The van der Waals surface area contributed by atoms with Crippen molar-refractivity contribution in [1.82, 2.24) is 9.13 Å². The summed E-state index contributed by atoms with van der Waals surface area (Å²) in [6.45, 7) is 1.90. The van der Waals surface area contributed by atoms with Gasteiger partial charge in [0.25, 0.3) is 5.56 Å². The Balaban J connectivity index is 1.46. The number of aromatic nitrogens is 2. The van der Waals surface area contributed by atoms with Crippen molar-refractivity contribution in [2.45, 2.75) is 12.8 Å². The van der Waals surface area contributed by atoms with Crippen LogP contribution in [0.1, 0.15) is 48.9 Å². The molecule has 0 N–H and O–H groups in total. The van der Waals surface area contributed by atoms with Crippen LogP contribution < -0.4 is 16.0 Å². The Kier molecular flexibility index (Phi) is 5.34. The van der Waals surface area contributed by atoms with Gasteiger partial charge >= 0.3 is 11.7 Å². The number of fused-ring (bicyclic) bond motifs is 4. The molecule has 1 aromatic heterocycles. The summed E-state index contributed by atoms with van der Waals surface area (Å²) in [4.78, 5) is 57.1. The molecule has 188 valence electrons. The topological polar surface area (TPSA) is 99.7 Å². The first-order valence-corrected chi connectivity index (χ1v) is 12.2. The van der Waals surface area contributed by atoms with E-state index in [1.54, 1.807) is 61.6 Å². The molecule has 8 nitrogen and oxygen atoms in total. The third-order valence-electron chi connectivity index (χ3n) is 7.29. The number of ether oxygens (including phenoxy) is 1. The summed E-state index contributed by atoms with van der Waals surface area (Å²) in [5, 5.41) is 0. The third kappa shape index (κ3) is 3.48. The van der Waals surface area contributed by atoms with Gasteiger partial charge in [0.05, 0.1) is 22.8 Å². The maximum atomic E-state index is 13.6. The second-order valence-electron chi connectivity index (χ2n) is 9.63. The maximum absolute atomic E-state index is 13.6. The summed E-state index contributed by atoms with van der Waals surface area (Å²) in [7, 11) is 2.99. The molecule has 3 aromatic carbocycles. The van der Waals surface area contributed by atoms with Crippen molar-refractivity contribution in [2.75, 3.05) is 0 Å². The molecule has 4 aromatic rings. The van der Waals surface area contributed by atoms with Crippen LogP contribution in [0.2, 0.25) is 0 Å². The van der Waals surface area contributed by atoms with Crippen LogP contribution in [0, 0.1) is 12.8 Å². The van der Waals surface area contributed by atoms with Crippen LogP contribution in [-0.2, 0) is 14.1 Å². The van der Waals surface area contributed by atoms with Gasteiger partial charge in [-0.1, -0.05) is 54.1 Å². The highest BCUT2D eigenvalue weighted by Crippen LogP contribution is 2.46. The molecular weight excluding hydrogens is 482 g/mol. The van der Waals surface area contributed by atoms with Crippen LogP contribution in [0.15, 0.2) is 87.4 Å². The number of Topliss-reactive ketones (excluding diaryl/α,β-unsaturated/α-hetero) is 1. The lowest BCUT2D eigenvalue weighted by atomic mass is 9.76. The number of carbonyl (C=O) groups is 2. The smallest absolute Gasteiger partial charge is 0.343 e. The van der Waals surface area contributed by atoms with E-state index in [4.69, 9.17) is 9.73 Å². The SMILES string of the molecule is Cc1cccc(C(=O)Oc2ccc([C@H]3c4c(n(C)c(=O)n(C)c4=O)N=C4c5ccccc5C(=O)[C@H]43)cc2)c1. The van der Waals surface area contributed by atoms with Gasteiger partial charge < -0.3 is 4.74 Å². The Labute approximate surface area is 217 Å². The average molecular weight is 506 g/mol. The minimum absolute atomic E-state index is 0.124. The average Bonchev–Trinajstić information content (AvgIpc) is 3.21. The van der Waals surface area contributed by atoms with Gasteiger partial charge in [0, 0.05) is 31.1 Å². The molecular formula is C30H23N3O5. The van der Waals surface area contributed by atoms with Gasteiger partial charge in [-0.2, -0.15) is 0 Å². The zero-order chi connectivity index (χ0) is 26.7. The molecule has 1 aliphatic heterocycles. The van der Waals surface area contributed by atoms with E-state index in [9.17, 15) is 19.2 Å². The molecule has 0 amide bonds. The van der Waals surface area contributed by atoms with Gasteiger partial charge in [-0.25, -0.2) is 14.6 Å². The van der Waals surface area contributed by atoms with E-state index in [1.165, 1.54) is 11.6 Å². The fourth-order valence-corrected chi connectivity index (χ4v) is 5.41. The summed E-state index contributed by atoms with van der Waals surface area (Å²) in [6, 6.07) is 21.1. The lowest BCUT2D eigenvalue weighted by Crippen LogP contribution is -2.43. The molecule has 1 aliphatic carbocycles. The number of carbonyl (C=O) groups excluding carboxylic acids is 2. The normalized spacial score (nSPS) is 17.3. The van der Waals surface area contributed by atoms with E-state index in [0.29, 0.717) is 33.7 Å². The lowest BCUT2D eigenvalue weighted by Gasteiger charge is -2.30. The number of nitrogens with zero attached hydrogens (tertiary/aromatic N) is 3. The Morgan fingerprint density at radius 2 is 1.55 bits per heavy atom. The molecule has 38 heavy (non-hydrogen) atoms. The molecule has 0 saturated heterocycles. The second-order valence-corrected chi connectivity index (χ2v) is 9.63. The predicted octanol–water partition coefficient (Wildman–Crippen LogP) is 3.69. The monoisotopic (exact) mass is 505 g/mol. The number of aryl methyl sites for hydroxylation is 1. The number of hydrogen-bond acceptors (Lipinski definition) is 6. The Morgan fingerprint density at radius 1 is 0.842 bits per heavy atom. The predicted molar refractivity (Wildman–Crippen MR) is 142 cm³/mol. The van der Waals surface area contributed by atoms with E-state index in [2.05, 4.69) is 0 Å². The molecule has 2 heterocycles. The van der Waals surface area contributed by atoms with E-state index in [1.807, 2.05) is 25.1 Å². The quantitative estimate of drug-likeness (QED) is 0.312. The van der Waals surface area contributed by atoms with E-state index in [-0.39, 0.29) is 17.2 Å². The zero-order valence-electron chi connectivity index (χ0n) is 21.0. The fraction of sp³-hybridized carbons (Fsp3) is 0.167. The summed E-state index contributed by atoms with van der Waals surface area (Å²) < 4.78 is 7.94. The fourth-order valence-electron chi connectivity index (χ4n) is 5.41. The van der Waals surface area contributed by atoms with Crippen LogP contribution >= 0.6 is 0 Å². The summed E-state index contributed by atoms with van der Waals surface area (Å²) >= 11 is 0. The molecule has 0 fully saturated rings. The molecule has 6 rings (SSSR count). The lowest BCUT2D eigenvalue weighted by molar-refractivity contribution is 0.0734. The Morgan fingerprint density at radius 3 is 2.26 bits per heavy atom. The molecule has 2 atom stereocenters. The minimum Gasteiger partial charge on any atom is -0.423 e. The largest absolute Gasteiger partial charge is 0.423 e. The standard InChI is InChI=1S/C30H23N3O5/c1-16-7-6-8-18(15-16)29(36)38-19-13-11-17(12-14-19)22-23-25(20-9-4-5-10-21(20)26(23)34)31-27-24(22)28(35)33(3)30(37)32(27)2/h4-15,22-23H,1-3H3/t22-,23+/m1/s1. The van der Waals surface area contributed by atoms with Gasteiger partial charge in [0.15, 0.2) is 5.78 Å². The highest BCUT2D eigenvalue weighted by molar-refractivity contribution is 6.30. The van der Waals surface area contributed by atoms with Crippen molar-refractivity contribution in [1.29, 1.82) is 0 Å². The van der Waals surface area contributed by atoms with E-state index < -0.39 is 29.1 Å². The van der Waals surface area contributed by atoms with Gasteiger partial charge in [0.1, 0.15) is 11.6 Å². The van der Waals surface area contributed by atoms with Gasteiger partial charge in [-0.15, -0.1) is 0 Å². The molecule has 8 heteroatoms. The van der Waals surface area contributed by atoms with Crippen molar-refractivity contribution < 1.29 is 14.3 Å². The van der Waals surface area contributed by atoms with Crippen LogP contribution in [-0.4, -0.2) is 26.6 Å². The summed E-state index contributed by atoms with van der Waals surface area (Å²) in [5.74, 6) is -1.42. The number of aliphatic imine (C=N–C) groups is 1. The molecule has 0 unspecified atom stereocenters. The number of ketones is 1. The van der Waals surface area contributed by atoms with Crippen LogP contribution in [0.25, 0.3) is 0 Å².